The Morgan fingerprint density at radius 1 is 1.08 bits per heavy atom. The highest BCUT2D eigenvalue weighted by Gasteiger charge is 2.25. The van der Waals surface area contributed by atoms with E-state index in [-0.39, 0.29) is 17.6 Å². The predicted octanol–water partition coefficient (Wildman–Crippen LogP) is 3.81. The van der Waals surface area contributed by atoms with Crippen molar-refractivity contribution >= 4 is 16.8 Å². The van der Waals surface area contributed by atoms with Crippen molar-refractivity contribution in [2.75, 3.05) is 7.11 Å². The number of carbonyl (C=O) groups excluding carboxylic acids is 1. The molecule has 1 aromatic heterocycles. The maximum absolute atomic E-state index is 12.4. The summed E-state index contributed by atoms with van der Waals surface area (Å²) in [6.07, 6.45) is 1.64. The lowest BCUT2D eigenvalue weighted by molar-refractivity contribution is -0.124. The van der Waals surface area contributed by atoms with Crippen LogP contribution in [0.15, 0.2) is 54.7 Å². The molecule has 0 saturated carbocycles. The van der Waals surface area contributed by atoms with E-state index in [4.69, 9.17) is 4.74 Å². The van der Waals surface area contributed by atoms with Gasteiger partial charge in [0.1, 0.15) is 17.0 Å². The van der Waals surface area contributed by atoms with Crippen molar-refractivity contribution in [1.29, 1.82) is 0 Å². The fraction of sp³-hybridized carbons (Fsp3) is 0.238. The number of fused-ring (bicyclic) bond motifs is 1. The number of nitrogens with zero attached hydrogens (tertiary/aromatic N) is 1. The Labute approximate surface area is 152 Å². The predicted molar refractivity (Wildman–Crippen MR) is 101 cm³/mol. The molecular weight excluding hydrogens is 328 g/mol. The number of pyridine rings is 1. The first-order valence-electron chi connectivity index (χ1n) is 8.52. The first-order chi connectivity index (χ1) is 12.5. The van der Waals surface area contributed by atoms with Gasteiger partial charge in [-0.05, 0) is 12.1 Å². The zero-order valence-corrected chi connectivity index (χ0v) is 15.1. The second kappa shape index (κ2) is 7.44. The summed E-state index contributed by atoms with van der Waals surface area (Å²) in [5.41, 5.74) is 1.85. The molecule has 0 fully saturated rings. The largest absolute Gasteiger partial charge is 0.505 e. The molecule has 3 aromatic rings. The van der Waals surface area contributed by atoms with Crippen LogP contribution in [0.2, 0.25) is 0 Å². The van der Waals surface area contributed by atoms with E-state index in [1.807, 2.05) is 62.4 Å². The highest BCUT2D eigenvalue weighted by molar-refractivity contribution is 5.86. The van der Waals surface area contributed by atoms with E-state index < -0.39 is 6.04 Å². The van der Waals surface area contributed by atoms with Crippen molar-refractivity contribution in [3.05, 3.63) is 65.9 Å². The van der Waals surface area contributed by atoms with Gasteiger partial charge < -0.3 is 15.2 Å². The minimum absolute atomic E-state index is 0.0584. The number of aromatic nitrogens is 1. The quantitative estimate of drug-likeness (QED) is 0.734. The molecule has 26 heavy (non-hydrogen) atoms. The molecule has 0 spiro atoms. The van der Waals surface area contributed by atoms with E-state index in [9.17, 15) is 9.90 Å². The maximum Gasteiger partial charge on any atom is 0.223 e. The van der Waals surface area contributed by atoms with Gasteiger partial charge >= 0.3 is 0 Å². The van der Waals surface area contributed by atoms with Gasteiger partial charge in [0.15, 0.2) is 0 Å². The monoisotopic (exact) mass is 350 g/mol. The van der Waals surface area contributed by atoms with Crippen LogP contribution >= 0.6 is 0 Å². The van der Waals surface area contributed by atoms with Gasteiger partial charge in [0.05, 0.1) is 13.2 Å². The number of aromatic hydroxyl groups is 1. The van der Waals surface area contributed by atoms with Crippen molar-refractivity contribution in [3.8, 4) is 11.5 Å². The van der Waals surface area contributed by atoms with E-state index in [2.05, 4.69) is 10.3 Å². The Kier molecular flexibility index (Phi) is 5.07. The number of nitrogens with one attached hydrogen (secondary N) is 1. The average molecular weight is 350 g/mol. The fourth-order valence-electron chi connectivity index (χ4n) is 2.92. The van der Waals surface area contributed by atoms with Gasteiger partial charge in [0.25, 0.3) is 0 Å². The second-order valence-electron chi connectivity index (χ2n) is 6.42. The Bertz CT molecular complexity index is 937. The topological polar surface area (TPSA) is 71.5 Å². The Morgan fingerprint density at radius 2 is 1.85 bits per heavy atom. The lowest BCUT2D eigenvalue weighted by atomic mass is 9.95. The van der Waals surface area contributed by atoms with Crippen LogP contribution in [0.3, 0.4) is 0 Å². The van der Waals surface area contributed by atoms with Crippen LogP contribution in [-0.4, -0.2) is 23.1 Å². The summed E-state index contributed by atoms with van der Waals surface area (Å²) in [7, 11) is 1.59. The number of phenolic OH excluding ortho intramolecular Hbond substituents is 1. The molecular formula is C21H22N2O3. The maximum atomic E-state index is 12.4. The molecule has 0 aliphatic rings. The van der Waals surface area contributed by atoms with Gasteiger partial charge in [-0.3, -0.25) is 9.78 Å². The minimum atomic E-state index is -0.549. The summed E-state index contributed by atoms with van der Waals surface area (Å²) in [6.45, 7) is 3.66. The smallest absolute Gasteiger partial charge is 0.223 e. The summed E-state index contributed by atoms with van der Waals surface area (Å²) in [5.74, 6) is 0.402. The van der Waals surface area contributed by atoms with Crippen molar-refractivity contribution in [3.63, 3.8) is 0 Å². The van der Waals surface area contributed by atoms with Gasteiger partial charge in [0.2, 0.25) is 5.91 Å². The summed E-state index contributed by atoms with van der Waals surface area (Å²) >= 11 is 0. The minimum Gasteiger partial charge on any atom is -0.505 e. The first kappa shape index (κ1) is 17.7. The molecule has 3 rings (SSSR count). The third kappa shape index (κ3) is 3.33. The third-order valence-electron chi connectivity index (χ3n) is 4.35. The van der Waals surface area contributed by atoms with Crippen LogP contribution in [0, 0.1) is 5.92 Å². The standard InChI is InChI=1S/C21H22N2O3/c1-13(2)21(25)23-19(15-8-4-5-9-17(15)26-3)16-11-10-14-7-6-12-22-18(14)20(16)24/h4-13,19,24H,1-3H3,(H,23,25)/t19-/m0/s1. The molecule has 2 aromatic carbocycles. The summed E-state index contributed by atoms with van der Waals surface area (Å²) in [4.78, 5) is 16.7. The fourth-order valence-corrected chi connectivity index (χ4v) is 2.92. The van der Waals surface area contributed by atoms with Crippen molar-refractivity contribution in [2.45, 2.75) is 19.9 Å². The number of phenols is 1. The zero-order valence-electron chi connectivity index (χ0n) is 15.1. The molecule has 0 saturated heterocycles. The van der Waals surface area contributed by atoms with Crippen LogP contribution in [0.1, 0.15) is 31.0 Å². The number of methoxy groups -OCH3 is 1. The molecule has 5 nitrogen and oxygen atoms in total. The number of hydrogen-bond acceptors (Lipinski definition) is 4. The van der Waals surface area contributed by atoms with Gasteiger partial charge in [-0.1, -0.05) is 50.2 Å². The molecule has 1 heterocycles. The van der Waals surface area contributed by atoms with E-state index in [0.717, 1.165) is 10.9 Å². The molecule has 0 radical (unpaired) electrons. The number of rotatable bonds is 5. The Morgan fingerprint density at radius 3 is 2.58 bits per heavy atom. The molecule has 0 aliphatic heterocycles. The van der Waals surface area contributed by atoms with Gasteiger partial charge in [-0.25, -0.2) is 0 Å². The molecule has 0 bridgehead atoms. The lowest BCUT2D eigenvalue weighted by Gasteiger charge is -2.24. The highest BCUT2D eigenvalue weighted by Crippen LogP contribution is 2.37. The van der Waals surface area contributed by atoms with Gasteiger partial charge in [-0.15, -0.1) is 0 Å². The summed E-state index contributed by atoms with van der Waals surface area (Å²) in [5, 5.41) is 14.7. The number of benzene rings is 2. The lowest BCUT2D eigenvalue weighted by Crippen LogP contribution is -2.32. The van der Waals surface area contributed by atoms with Crippen molar-refractivity contribution in [1.82, 2.24) is 10.3 Å². The summed E-state index contributed by atoms with van der Waals surface area (Å²) < 4.78 is 5.47. The van der Waals surface area contributed by atoms with E-state index in [1.54, 1.807) is 13.3 Å². The second-order valence-corrected chi connectivity index (χ2v) is 6.42. The van der Waals surface area contributed by atoms with Crippen LogP contribution in [0.5, 0.6) is 11.5 Å². The highest BCUT2D eigenvalue weighted by atomic mass is 16.5. The molecule has 2 N–H and O–H groups in total. The Hall–Kier alpha value is -3.08. The van der Waals surface area contributed by atoms with E-state index in [0.29, 0.717) is 16.8 Å². The number of hydrogen-bond donors (Lipinski definition) is 2. The third-order valence-corrected chi connectivity index (χ3v) is 4.35. The average Bonchev–Trinajstić information content (AvgIpc) is 2.66. The molecule has 0 aliphatic carbocycles. The molecule has 5 heteroatoms. The van der Waals surface area contributed by atoms with E-state index in [1.165, 1.54) is 0 Å². The number of ether oxygens (including phenoxy) is 1. The van der Waals surface area contributed by atoms with Crippen LogP contribution in [-0.2, 0) is 4.79 Å². The van der Waals surface area contributed by atoms with Crippen LogP contribution in [0.4, 0.5) is 0 Å². The number of para-hydroxylation sites is 1. The summed E-state index contributed by atoms with van der Waals surface area (Å²) in [6, 6.07) is 14.3. The molecule has 134 valence electrons. The Balaban J connectivity index is 2.17. The zero-order chi connectivity index (χ0) is 18.7. The van der Waals surface area contributed by atoms with Crippen LogP contribution in [0.25, 0.3) is 10.9 Å². The SMILES string of the molecule is COc1ccccc1[C@H](NC(=O)C(C)C)c1ccc2cccnc2c1O. The van der Waals surface area contributed by atoms with Gasteiger partial charge in [-0.2, -0.15) is 0 Å². The molecule has 1 atom stereocenters. The first-order valence-corrected chi connectivity index (χ1v) is 8.52. The van der Waals surface area contributed by atoms with Crippen molar-refractivity contribution < 1.29 is 14.6 Å². The normalized spacial score (nSPS) is 12.2. The van der Waals surface area contributed by atoms with E-state index >= 15 is 0 Å². The van der Waals surface area contributed by atoms with Gasteiger partial charge in [0, 0.05) is 28.6 Å². The number of carbonyl (C=O) groups is 1. The molecule has 0 unspecified atom stereocenters. The number of amides is 1. The van der Waals surface area contributed by atoms with Crippen LogP contribution < -0.4 is 10.1 Å². The van der Waals surface area contributed by atoms with Crippen molar-refractivity contribution in [2.24, 2.45) is 5.92 Å². The molecule has 1 amide bonds.